The van der Waals surface area contributed by atoms with Crippen LogP contribution < -0.4 is 11.1 Å². The molecule has 0 saturated carbocycles. The van der Waals surface area contributed by atoms with Gasteiger partial charge in [0.15, 0.2) is 5.76 Å². The van der Waals surface area contributed by atoms with Gasteiger partial charge in [0.05, 0.1) is 6.26 Å². The molecule has 7 heteroatoms. The number of furan rings is 1. The zero-order chi connectivity index (χ0) is 17.6. The lowest BCUT2D eigenvalue weighted by atomic mass is 10.0. The molecule has 26 heavy (non-hydrogen) atoms. The van der Waals surface area contributed by atoms with Gasteiger partial charge >= 0.3 is 0 Å². The van der Waals surface area contributed by atoms with Crippen LogP contribution in [0.15, 0.2) is 53.1 Å². The van der Waals surface area contributed by atoms with Crippen molar-refractivity contribution in [2.45, 2.75) is 18.9 Å². The molecule has 3 rings (SSSR count). The van der Waals surface area contributed by atoms with Crippen LogP contribution in [-0.4, -0.2) is 42.4 Å². The van der Waals surface area contributed by atoms with Gasteiger partial charge in [-0.25, -0.2) is 0 Å². The van der Waals surface area contributed by atoms with Crippen molar-refractivity contribution in [1.29, 1.82) is 0 Å². The zero-order valence-electron chi connectivity index (χ0n) is 14.5. The summed E-state index contributed by atoms with van der Waals surface area (Å²) in [7, 11) is 0. The number of nitrogens with two attached hydrogens (primary N) is 1. The summed E-state index contributed by atoms with van der Waals surface area (Å²) in [6, 6.07) is 12.3. The van der Waals surface area contributed by atoms with E-state index in [-0.39, 0.29) is 30.0 Å². The van der Waals surface area contributed by atoms with E-state index in [1.54, 1.807) is 17.0 Å². The second-order valence-corrected chi connectivity index (χ2v) is 6.37. The molecule has 0 bridgehead atoms. The zero-order valence-corrected chi connectivity index (χ0v) is 15.3. The van der Waals surface area contributed by atoms with Crippen LogP contribution in [0.5, 0.6) is 0 Å². The number of halogens is 1. The molecule has 1 aliphatic heterocycles. The molecule has 0 radical (unpaired) electrons. The van der Waals surface area contributed by atoms with Crippen molar-refractivity contribution in [2.24, 2.45) is 11.7 Å². The van der Waals surface area contributed by atoms with E-state index >= 15 is 0 Å². The minimum atomic E-state index is -0.628. The summed E-state index contributed by atoms with van der Waals surface area (Å²) < 4.78 is 5.13. The van der Waals surface area contributed by atoms with Gasteiger partial charge in [0.25, 0.3) is 5.91 Å². The Morgan fingerprint density at radius 3 is 2.62 bits per heavy atom. The minimum Gasteiger partial charge on any atom is -0.459 e. The molecule has 0 spiro atoms. The maximum atomic E-state index is 13.0. The summed E-state index contributed by atoms with van der Waals surface area (Å²) in [5.74, 6) is 0.0859. The largest absolute Gasteiger partial charge is 0.459 e. The maximum absolute atomic E-state index is 13.0. The number of carbonyl (C=O) groups excluding carboxylic acids is 2. The Balaban J connectivity index is 0.00000243. The summed E-state index contributed by atoms with van der Waals surface area (Å²) >= 11 is 0. The monoisotopic (exact) mass is 377 g/mol. The van der Waals surface area contributed by atoms with Crippen molar-refractivity contribution in [3.05, 3.63) is 60.1 Å². The van der Waals surface area contributed by atoms with E-state index in [1.165, 1.54) is 6.26 Å². The van der Waals surface area contributed by atoms with Gasteiger partial charge < -0.3 is 20.4 Å². The number of hydrogen-bond donors (Lipinski definition) is 2. The van der Waals surface area contributed by atoms with Crippen LogP contribution in [0.1, 0.15) is 22.5 Å². The number of benzene rings is 1. The van der Waals surface area contributed by atoms with Crippen molar-refractivity contribution in [3.63, 3.8) is 0 Å². The number of rotatable bonds is 6. The summed E-state index contributed by atoms with van der Waals surface area (Å²) in [6.45, 7) is 1.91. The second kappa shape index (κ2) is 9.40. The summed E-state index contributed by atoms with van der Waals surface area (Å²) in [4.78, 5) is 27.1. The molecule has 0 aliphatic carbocycles. The molecule has 1 fully saturated rings. The number of amides is 2. The fourth-order valence-corrected chi connectivity index (χ4v) is 3.13. The molecule has 2 unspecified atom stereocenters. The highest BCUT2D eigenvalue weighted by Crippen LogP contribution is 2.17. The van der Waals surface area contributed by atoms with E-state index in [4.69, 9.17) is 10.2 Å². The first-order valence-electron chi connectivity index (χ1n) is 8.54. The van der Waals surface area contributed by atoms with Crippen LogP contribution in [0.4, 0.5) is 0 Å². The fraction of sp³-hybridized carbons (Fsp3) is 0.368. The minimum absolute atomic E-state index is 0. The molecule has 2 amide bonds. The van der Waals surface area contributed by atoms with Gasteiger partial charge in [-0.05, 0) is 36.6 Å². The molecule has 1 saturated heterocycles. The van der Waals surface area contributed by atoms with Crippen molar-refractivity contribution in [3.8, 4) is 0 Å². The highest BCUT2D eigenvalue weighted by atomic mass is 35.5. The van der Waals surface area contributed by atoms with Gasteiger partial charge in [0.1, 0.15) is 6.04 Å². The lowest BCUT2D eigenvalue weighted by Crippen LogP contribution is -2.49. The van der Waals surface area contributed by atoms with Gasteiger partial charge in [-0.15, -0.1) is 12.4 Å². The lowest BCUT2D eigenvalue weighted by Gasteiger charge is -2.24. The average Bonchev–Trinajstić information content (AvgIpc) is 3.33. The summed E-state index contributed by atoms with van der Waals surface area (Å²) in [5, 5.41) is 2.82. The molecule has 3 N–H and O–H groups in total. The average molecular weight is 378 g/mol. The third-order valence-corrected chi connectivity index (χ3v) is 4.56. The Labute approximate surface area is 159 Å². The molecular weight excluding hydrogens is 354 g/mol. The Kier molecular flexibility index (Phi) is 7.24. The number of likely N-dealkylation sites (tertiary alicyclic amines) is 1. The number of nitrogens with one attached hydrogen (secondary N) is 1. The summed E-state index contributed by atoms with van der Waals surface area (Å²) in [6.07, 6.45) is 2.79. The van der Waals surface area contributed by atoms with Crippen LogP contribution in [0.2, 0.25) is 0 Å². The Hall–Kier alpha value is -2.31. The van der Waals surface area contributed by atoms with E-state index in [1.807, 2.05) is 30.3 Å². The predicted molar refractivity (Wildman–Crippen MR) is 101 cm³/mol. The first-order valence-corrected chi connectivity index (χ1v) is 8.54. The van der Waals surface area contributed by atoms with E-state index in [0.29, 0.717) is 32.0 Å². The van der Waals surface area contributed by atoms with Crippen LogP contribution in [-0.2, 0) is 11.2 Å². The van der Waals surface area contributed by atoms with Crippen molar-refractivity contribution in [1.82, 2.24) is 10.2 Å². The highest BCUT2D eigenvalue weighted by Gasteiger charge is 2.31. The van der Waals surface area contributed by atoms with Crippen molar-refractivity contribution >= 4 is 24.2 Å². The first-order chi connectivity index (χ1) is 12.2. The molecule has 1 aliphatic rings. The van der Waals surface area contributed by atoms with Gasteiger partial charge in [-0.1, -0.05) is 30.3 Å². The maximum Gasteiger partial charge on any atom is 0.287 e. The second-order valence-electron chi connectivity index (χ2n) is 6.37. The Morgan fingerprint density at radius 1 is 1.23 bits per heavy atom. The Bertz CT molecular complexity index is 706. The Morgan fingerprint density at radius 2 is 2.00 bits per heavy atom. The molecule has 1 aromatic carbocycles. The topological polar surface area (TPSA) is 88.6 Å². The summed E-state index contributed by atoms with van der Waals surface area (Å²) in [5.41, 5.74) is 6.72. The molecule has 1 aromatic heterocycles. The predicted octanol–water partition coefficient (Wildman–Crippen LogP) is 1.85. The van der Waals surface area contributed by atoms with Crippen LogP contribution in [0.3, 0.4) is 0 Å². The van der Waals surface area contributed by atoms with Gasteiger partial charge in [0, 0.05) is 19.5 Å². The van der Waals surface area contributed by atoms with Crippen LogP contribution in [0.25, 0.3) is 0 Å². The van der Waals surface area contributed by atoms with Crippen molar-refractivity contribution in [2.75, 3.05) is 19.6 Å². The lowest BCUT2D eigenvalue weighted by molar-refractivity contribution is -0.132. The first kappa shape index (κ1) is 20.0. The van der Waals surface area contributed by atoms with E-state index in [9.17, 15) is 9.59 Å². The fourth-order valence-electron chi connectivity index (χ4n) is 3.13. The van der Waals surface area contributed by atoms with Gasteiger partial charge in [-0.2, -0.15) is 0 Å². The number of hydrogen-bond acceptors (Lipinski definition) is 4. The smallest absolute Gasteiger partial charge is 0.287 e. The number of nitrogens with zero attached hydrogens (tertiary/aromatic N) is 1. The van der Waals surface area contributed by atoms with E-state index in [0.717, 1.165) is 12.0 Å². The van der Waals surface area contributed by atoms with Crippen molar-refractivity contribution < 1.29 is 14.0 Å². The highest BCUT2D eigenvalue weighted by molar-refractivity contribution is 5.95. The molecule has 2 heterocycles. The van der Waals surface area contributed by atoms with E-state index in [2.05, 4.69) is 5.32 Å². The standard InChI is InChI=1S/C19H23N3O3.ClH/c20-12-15-8-9-22(13-15)19(24)16(11-14-5-2-1-3-6-14)21-18(23)17-7-4-10-25-17;/h1-7,10,15-16H,8-9,11-13,20H2,(H,21,23);1H. The van der Waals surface area contributed by atoms with Gasteiger partial charge in [-0.3, -0.25) is 9.59 Å². The molecule has 6 nitrogen and oxygen atoms in total. The normalized spacial score (nSPS) is 17.4. The molecular formula is C19H24ClN3O3. The SMILES string of the molecule is Cl.NCC1CCN(C(=O)C(Cc2ccccc2)NC(=O)c2ccco2)C1. The molecule has 2 atom stereocenters. The molecule has 2 aromatic rings. The quantitative estimate of drug-likeness (QED) is 0.804. The third kappa shape index (κ3) is 4.86. The van der Waals surface area contributed by atoms with Crippen LogP contribution >= 0.6 is 12.4 Å². The van der Waals surface area contributed by atoms with Crippen LogP contribution in [0, 0.1) is 5.92 Å². The van der Waals surface area contributed by atoms with E-state index < -0.39 is 6.04 Å². The third-order valence-electron chi connectivity index (χ3n) is 4.56. The number of carbonyl (C=O) groups is 2. The molecule has 140 valence electrons. The van der Waals surface area contributed by atoms with Gasteiger partial charge in [0.2, 0.25) is 5.91 Å².